The maximum absolute atomic E-state index is 11.1. The number of aromatic carboxylic acids is 1. The molecule has 0 saturated heterocycles. The first kappa shape index (κ1) is 19.6. The molecule has 0 radical (unpaired) electrons. The van der Waals surface area contributed by atoms with Gasteiger partial charge in [-0.25, -0.2) is 4.79 Å². The van der Waals surface area contributed by atoms with E-state index in [9.17, 15) is 4.79 Å². The number of benzene rings is 3. The molecule has 3 aromatic rings. The minimum Gasteiger partial charge on any atom is -0.478 e. The number of anilines is 1. The fourth-order valence-corrected chi connectivity index (χ4v) is 3.35. The third kappa shape index (κ3) is 5.41. The second-order valence-electron chi connectivity index (χ2n) is 6.43. The zero-order valence-corrected chi connectivity index (χ0v) is 16.2. The summed E-state index contributed by atoms with van der Waals surface area (Å²) in [4.78, 5) is 11.1. The van der Waals surface area contributed by atoms with Gasteiger partial charge in [-0.05, 0) is 48.0 Å². The molecule has 3 N–H and O–H groups in total. The predicted molar refractivity (Wildman–Crippen MR) is 117 cm³/mol. The third-order valence-corrected chi connectivity index (χ3v) is 4.74. The van der Waals surface area contributed by atoms with Crippen LogP contribution in [-0.2, 0) is 0 Å². The van der Waals surface area contributed by atoms with Gasteiger partial charge in [0, 0.05) is 18.2 Å². The smallest absolute Gasteiger partial charge is 0.335 e. The largest absolute Gasteiger partial charge is 0.478 e. The van der Waals surface area contributed by atoms with E-state index in [2.05, 4.69) is 59.2 Å². The van der Waals surface area contributed by atoms with Crippen LogP contribution < -0.4 is 10.6 Å². The Kier molecular flexibility index (Phi) is 6.76. The third-order valence-electron chi connectivity index (χ3n) is 4.49. The van der Waals surface area contributed by atoms with Gasteiger partial charge in [-0.15, -0.1) is 0 Å². The number of rotatable bonds is 7. The van der Waals surface area contributed by atoms with Crippen molar-refractivity contribution in [3.05, 3.63) is 102 Å². The minimum absolute atomic E-state index is 0.223. The Morgan fingerprint density at radius 2 is 1.50 bits per heavy atom. The Bertz CT molecular complexity index is 890. The second-order valence-corrected chi connectivity index (χ2v) is 6.84. The first-order valence-corrected chi connectivity index (χ1v) is 9.52. The van der Waals surface area contributed by atoms with Crippen LogP contribution in [-0.4, -0.2) is 22.7 Å². The van der Waals surface area contributed by atoms with Crippen molar-refractivity contribution >= 4 is 29.0 Å². The fraction of sp³-hybridized carbons (Fsp3) is 0.130. The molecule has 0 spiro atoms. The molecule has 5 heteroatoms. The number of hydrogen-bond donors (Lipinski definition) is 3. The van der Waals surface area contributed by atoms with Crippen LogP contribution in [0.2, 0.25) is 0 Å². The summed E-state index contributed by atoms with van der Waals surface area (Å²) in [5.74, 6) is -0.691. The second kappa shape index (κ2) is 9.67. The quantitative estimate of drug-likeness (QED) is 0.501. The summed E-state index contributed by atoms with van der Waals surface area (Å²) in [6, 6.07) is 27.4. The Morgan fingerprint density at radius 1 is 0.893 bits per heavy atom. The van der Waals surface area contributed by atoms with Crippen LogP contribution in [0.3, 0.4) is 0 Å². The molecule has 0 unspecified atom stereocenters. The van der Waals surface area contributed by atoms with E-state index in [1.807, 2.05) is 12.1 Å². The van der Waals surface area contributed by atoms with E-state index in [1.165, 1.54) is 11.1 Å². The van der Waals surface area contributed by atoms with Crippen LogP contribution in [0.25, 0.3) is 0 Å². The Balaban J connectivity index is 1.60. The average Bonchev–Trinajstić information content (AvgIpc) is 2.72. The van der Waals surface area contributed by atoms with Crippen LogP contribution >= 0.6 is 12.2 Å². The van der Waals surface area contributed by atoms with Crippen molar-refractivity contribution in [1.82, 2.24) is 5.32 Å². The van der Waals surface area contributed by atoms with Crippen molar-refractivity contribution in [1.29, 1.82) is 0 Å². The van der Waals surface area contributed by atoms with Crippen molar-refractivity contribution in [2.24, 2.45) is 0 Å². The van der Waals surface area contributed by atoms with E-state index in [4.69, 9.17) is 17.3 Å². The summed E-state index contributed by atoms with van der Waals surface area (Å²) in [5.41, 5.74) is 3.41. The monoisotopic (exact) mass is 390 g/mol. The van der Waals surface area contributed by atoms with E-state index >= 15 is 0 Å². The molecule has 0 saturated carbocycles. The molecule has 0 fully saturated rings. The molecule has 3 rings (SSSR count). The van der Waals surface area contributed by atoms with Gasteiger partial charge in [-0.1, -0.05) is 66.7 Å². The maximum Gasteiger partial charge on any atom is 0.335 e. The lowest BCUT2D eigenvalue weighted by atomic mass is 9.88. The first-order chi connectivity index (χ1) is 13.6. The predicted octanol–water partition coefficient (Wildman–Crippen LogP) is 4.89. The SMILES string of the molecule is O=C(O)c1cccc(NC(=S)NCCC(c2ccccc2)c2ccccc2)c1. The summed E-state index contributed by atoms with van der Waals surface area (Å²) in [6.07, 6.45) is 0.880. The highest BCUT2D eigenvalue weighted by molar-refractivity contribution is 7.80. The molecule has 0 aliphatic rings. The summed E-state index contributed by atoms with van der Waals surface area (Å²) in [6.45, 7) is 0.693. The van der Waals surface area contributed by atoms with Gasteiger partial charge in [-0.3, -0.25) is 0 Å². The van der Waals surface area contributed by atoms with Crippen molar-refractivity contribution in [3.8, 4) is 0 Å². The Labute approximate surface area is 170 Å². The number of hydrogen-bond acceptors (Lipinski definition) is 2. The molecule has 0 amide bonds. The molecule has 142 valence electrons. The molecule has 0 atom stereocenters. The minimum atomic E-state index is -0.962. The zero-order valence-electron chi connectivity index (χ0n) is 15.3. The lowest BCUT2D eigenvalue weighted by molar-refractivity contribution is 0.0697. The van der Waals surface area contributed by atoms with E-state index in [0.717, 1.165) is 6.42 Å². The van der Waals surface area contributed by atoms with Crippen LogP contribution in [0.5, 0.6) is 0 Å². The van der Waals surface area contributed by atoms with E-state index in [1.54, 1.807) is 24.3 Å². The van der Waals surface area contributed by atoms with Gasteiger partial charge in [0.2, 0.25) is 0 Å². The molecule has 0 heterocycles. The zero-order chi connectivity index (χ0) is 19.8. The molecule has 0 aliphatic heterocycles. The Morgan fingerprint density at radius 3 is 2.07 bits per heavy atom. The average molecular weight is 391 g/mol. The summed E-state index contributed by atoms with van der Waals surface area (Å²) >= 11 is 5.36. The standard InChI is InChI=1S/C23H22N2O2S/c26-22(27)19-12-7-13-20(16-19)25-23(28)24-15-14-21(17-8-3-1-4-9-17)18-10-5-2-6-11-18/h1-13,16,21H,14-15H2,(H,26,27)(H2,24,25,28). The van der Waals surface area contributed by atoms with E-state index < -0.39 is 5.97 Å². The highest BCUT2D eigenvalue weighted by Crippen LogP contribution is 2.27. The highest BCUT2D eigenvalue weighted by atomic mass is 32.1. The molecular formula is C23H22N2O2S. The first-order valence-electron chi connectivity index (χ1n) is 9.11. The van der Waals surface area contributed by atoms with Crippen molar-refractivity contribution in [2.45, 2.75) is 12.3 Å². The van der Waals surface area contributed by atoms with Crippen LogP contribution in [0.4, 0.5) is 5.69 Å². The van der Waals surface area contributed by atoms with Crippen LogP contribution in [0.1, 0.15) is 33.8 Å². The molecule has 28 heavy (non-hydrogen) atoms. The number of carboxylic acid groups (broad SMARTS) is 1. The molecule has 4 nitrogen and oxygen atoms in total. The number of nitrogens with one attached hydrogen (secondary N) is 2. The summed E-state index contributed by atoms with van der Waals surface area (Å²) < 4.78 is 0. The lowest BCUT2D eigenvalue weighted by Crippen LogP contribution is -2.30. The van der Waals surface area contributed by atoms with Crippen LogP contribution in [0, 0.1) is 0 Å². The molecular weight excluding hydrogens is 368 g/mol. The normalized spacial score (nSPS) is 10.5. The Hall–Kier alpha value is -3.18. The van der Waals surface area contributed by atoms with Crippen LogP contribution in [0.15, 0.2) is 84.9 Å². The lowest BCUT2D eigenvalue weighted by Gasteiger charge is -2.19. The summed E-state index contributed by atoms with van der Waals surface area (Å²) in [5, 5.41) is 15.8. The molecule has 0 bridgehead atoms. The van der Waals surface area contributed by atoms with Gasteiger partial charge in [0.25, 0.3) is 0 Å². The van der Waals surface area contributed by atoms with Crippen molar-refractivity contribution in [2.75, 3.05) is 11.9 Å². The molecule has 0 aliphatic carbocycles. The van der Waals surface area contributed by atoms with Gasteiger partial charge >= 0.3 is 5.97 Å². The summed E-state index contributed by atoms with van der Waals surface area (Å²) in [7, 11) is 0. The molecule has 0 aromatic heterocycles. The molecule has 3 aromatic carbocycles. The highest BCUT2D eigenvalue weighted by Gasteiger charge is 2.13. The van der Waals surface area contributed by atoms with E-state index in [-0.39, 0.29) is 11.5 Å². The number of carbonyl (C=O) groups is 1. The number of thiocarbonyl (C=S) groups is 1. The fourth-order valence-electron chi connectivity index (χ4n) is 3.13. The van der Waals surface area contributed by atoms with E-state index in [0.29, 0.717) is 17.3 Å². The number of carboxylic acids is 1. The van der Waals surface area contributed by atoms with Gasteiger partial charge in [0.05, 0.1) is 5.56 Å². The van der Waals surface area contributed by atoms with Gasteiger partial charge < -0.3 is 15.7 Å². The van der Waals surface area contributed by atoms with Gasteiger partial charge in [-0.2, -0.15) is 0 Å². The topological polar surface area (TPSA) is 61.4 Å². The van der Waals surface area contributed by atoms with Crippen molar-refractivity contribution in [3.63, 3.8) is 0 Å². The van der Waals surface area contributed by atoms with Gasteiger partial charge in [0.1, 0.15) is 0 Å². The van der Waals surface area contributed by atoms with Gasteiger partial charge in [0.15, 0.2) is 5.11 Å². The maximum atomic E-state index is 11.1. The van der Waals surface area contributed by atoms with Crippen molar-refractivity contribution < 1.29 is 9.90 Å².